The van der Waals surface area contributed by atoms with Gasteiger partial charge in [0.1, 0.15) is 11.6 Å². The summed E-state index contributed by atoms with van der Waals surface area (Å²) in [7, 11) is 0. The van der Waals surface area contributed by atoms with E-state index in [0.717, 1.165) is 18.6 Å². The first kappa shape index (κ1) is 20.6. The van der Waals surface area contributed by atoms with Crippen molar-refractivity contribution in [2.75, 3.05) is 19.6 Å². The van der Waals surface area contributed by atoms with Crippen LogP contribution < -0.4 is 16.0 Å². The number of carbonyl (C=O) groups excluding carboxylic acids is 1. The Labute approximate surface area is 157 Å². The van der Waals surface area contributed by atoms with Crippen LogP contribution in [0.2, 0.25) is 0 Å². The second-order valence-electron chi connectivity index (χ2n) is 5.43. The monoisotopic (exact) mass is 452 g/mol. The SMILES string of the molecule is CCNC(=NCCc1cc(F)ccc1F)NC1CCC(=O)NC1.I. The summed E-state index contributed by atoms with van der Waals surface area (Å²) >= 11 is 0. The number of hydrogen-bond donors (Lipinski definition) is 3. The summed E-state index contributed by atoms with van der Waals surface area (Å²) < 4.78 is 26.7. The summed E-state index contributed by atoms with van der Waals surface area (Å²) in [5.41, 5.74) is 0.314. The summed E-state index contributed by atoms with van der Waals surface area (Å²) in [5.74, 6) is -0.194. The zero-order valence-corrected chi connectivity index (χ0v) is 15.9. The van der Waals surface area contributed by atoms with Crippen molar-refractivity contribution in [1.29, 1.82) is 0 Å². The van der Waals surface area contributed by atoms with E-state index in [1.165, 1.54) is 6.07 Å². The molecule has 0 aromatic heterocycles. The number of nitrogens with zero attached hydrogens (tertiary/aromatic N) is 1. The Balaban J connectivity index is 0.00000288. The van der Waals surface area contributed by atoms with Gasteiger partial charge in [-0.1, -0.05) is 0 Å². The summed E-state index contributed by atoms with van der Waals surface area (Å²) in [6, 6.07) is 3.55. The van der Waals surface area contributed by atoms with Gasteiger partial charge < -0.3 is 16.0 Å². The molecular formula is C16H23F2IN4O. The molecule has 1 aliphatic rings. The molecule has 1 fully saturated rings. The van der Waals surface area contributed by atoms with Crippen LogP contribution in [0.5, 0.6) is 0 Å². The van der Waals surface area contributed by atoms with E-state index in [4.69, 9.17) is 0 Å². The first-order valence-corrected chi connectivity index (χ1v) is 7.84. The number of carbonyl (C=O) groups is 1. The molecule has 1 aliphatic heterocycles. The molecular weight excluding hydrogens is 429 g/mol. The molecule has 2 rings (SSSR count). The number of amides is 1. The van der Waals surface area contributed by atoms with E-state index in [2.05, 4.69) is 20.9 Å². The highest BCUT2D eigenvalue weighted by molar-refractivity contribution is 14.0. The van der Waals surface area contributed by atoms with E-state index in [9.17, 15) is 13.6 Å². The van der Waals surface area contributed by atoms with Gasteiger partial charge in [-0.2, -0.15) is 0 Å². The Hall–Kier alpha value is -1.45. The molecule has 1 amide bonds. The molecule has 1 heterocycles. The van der Waals surface area contributed by atoms with Gasteiger partial charge in [-0.05, 0) is 43.5 Å². The van der Waals surface area contributed by atoms with Crippen LogP contribution in [0.25, 0.3) is 0 Å². The van der Waals surface area contributed by atoms with E-state index >= 15 is 0 Å². The molecule has 1 unspecified atom stereocenters. The molecule has 1 atom stereocenters. The summed E-state index contributed by atoms with van der Waals surface area (Å²) in [6.45, 7) is 3.54. The lowest BCUT2D eigenvalue weighted by molar-refractivity contribution is -0.122. The zero-order chi connectivity index (χ0) is 16.7. The lowest BCUT2D eigenvalue weighted by Crippen LogP contribution is -2.51. The van der Waals surface area contributed by atoms with Crippen molar-refractivity contribution in [2.24, 2.45) is 4.99 Å². The number of rotatable bonds is 5. The van der Waals surface area contributed by atoms with Crippen LogP contribution >= 0.6 is 24.0 Å². The minimum absolute atomic E-state index is 0. The number of hydrogen-bond acceptors (Lipinski definition) is 2. The lowest BCUT2D eigenvalue weighted by atomic mass is 10.1. The maximum Gasteiger partial charge on any atom is 0.220 e. The third-order valence-corrected chi connectivity index (χ3v) is 3.61. The first-order valence-electron chi connectivity index (χ1n) is 7.84. The van der Waals surface area contributed by atoms with E-state index in [0.29, 0.717) is 44.0 Å². The van der Waals surface area contributed by atoms with Crippen molar-refractivity contribution in [2.45, 2.75) is 32.2 Å². The maximum atomic E-state index is 13.6. The van der Waals surface area contributed by atoms with Gasteiger partial charge in [-0.3, -0.25) is 9.79 Å². The van der Waals surface area contributed by atoms with Gasteiger partial charge in [-0.15, -0.1) is 24.0 Å². The Kier molecular flexibility index (Phi) is 8.94. The summed E-state index contributed by atoms with van der Waals surface area (Å²) in [4.78, 5) is 15.5. The lowest BCUT2D eigenvalue weighted by Gasteiger charge is -2.25. The van der Waals surface area contributed by atoms with Crippen LogP contribution in [0.4, 0.5) is 8.78 Å². The van der Waals surface area contributed by atoms with Crippen LogP contribution in [-0.4, -0.2) is 37.5 Å². The average Bonchev–Trinajstić information content (AvgIpc) is 2.53. The van der Waals surface area contributed by atoms with Gasteiger partial charge >= 0.3 is 0 Å². The minimum atomic E-state index is -0.451. The standard InChI is InChI=1S/C16H22F2N4O.HI/c1-2-19-16(22-13-4-6-15(23)21-10-13)20-8-7-11-9-12(17)3-5-14(11)18;/h3,5,9,13H,2,4,6-8,10H2,1H3,(H,21,23)(H2,19,20,22);1H. The van der Waals surface area contributed by atoms with E-state index in [1.807, 2.05) is 6.92 Å². The van der Waals surface area contributed by atoms with Gasteiger partial charge in [0.2, 0.25) is 5.91 Å². The molecule has 0 saturated carbocycles. The fourth-order valence-electron chi connectivity index (χ4n) is 2.39. The zero-order valence-electron chi connectivity index (χ0n) is 13.6. The Morgan fingerprint density at radius 2 is 2.21 bits per heavy atom. The number of piperidine rings is 1. The van der Waals surface area contributed by atoms with E-state index in [-0.39, 0.29) is 35.9 Å². The van der Waals surface area contributed by atoms with Gasteiger partial charge in [0.05, 0.1) is 0 Å². The maximum absolute atomic E-state index is 13.6. The number of nitrogens with one attached hydrogen (secondary N) is 3. The van der Waals surface area contributed by atoms with Gasteiger partial charge in [-0.25, -0.2) is 8.78 Å². The molecule has 8 heteroatoms. The Morgan fingerprint density at radius 1 is 1.42 bits per heavy atom. The van der Waals surface area contributed by atoms with Crippen molar-refractivity contribution in [3.05, 3.63) is 35.4 Å². The molecule has 24 heavy (non-hydrogen) atoms. The topological polar surface area (TPSA) is 65.5 Å². The van der Waals surface area contributed by atoms with E-state index in [1.54, 1.807) is 0 Å². The third-order valence-electron chi connectivity index (χ3n) is 3.61. The van der Waals surface area contributed by atoms with Crippen LogP contribution in [-0.2, 0) is 11.2 Å². The Morgan fingerprint density at radius 3 is 2.88 bits per heavy atom. The van der Waals surface area contributed by atoms with Gasteiger partial charge in [0, 0.05) is 32.1 Å². The fraction of sp³-hybridized carbons (Fsp3) is 0.500. The minimum Gasteiger partial charge on any atom is -0.357 e. The quantitative estimate of drug-likeness (QED) is 0.364. The van der Waals surface area contributed by atoms with Gasteiger partial charge in [0.15, 0.2) is 5.96 Å². The molecule has 134 valence electrons. The number of guanidine groups is 1. The molecule has 3 N–H and O–H groups in total. The van der Waals surface area contributed by atoms with Crippen LogP contribution in [0.1, 0.15) is 25.3 Å². The van der Waals surface area contributed by atoms with Crippen molar-refractivity contribution in [3.8, 4) is 0 Å². The van der Waals surface area contributed by atoms with Crippen molar-refractivity contribution >= 4 is 35.8 Å². The Bertz CT molecular complexity index is 573. The van der Waals surface area contributed by atoms with E-state index < -0.39 is 11.6 Å². The second-order valence-corrected chi connectivity index (χ2v) is 5.43. The van der Waals surface area contributed by atoms with Crippen LogP contribution in [0.15, 0.2) is 23.2 Å². The van der Waals surface area contributed by atoms with Crippen LogP contribution in [0, 0.1) is 11.6 Å². The molecule has 1 saturated heterocycles. The molecule has 1 aromatic carbocycles. The van der Waals surface area contributed by atoms with Crippen LogP contribution in [0.3, 0.4) is 0 Å². The van der Waals surface area contributed by atoms with Crippen molar-refractivity contribution in [3.63, 3.8) is 0 Å². The molecule has 0 spiro atoms. The largest absolute Gasteiger partial charge is 0.357 e. The summed E-state index contributed by atoms with van der Waals surface area (Å²) in [6.07, 6.45) is 1.56. The molecule has 1 aromatic rings. The third kappa shape index (κ3) is 6.58. The number of aliphatic imine (C=N–C) groups is 1. The normalized spacial score (nSPS) is 17.7. The molecule has 0 radical (unpaired) electrons. The number of halogens is 3. The molecule has 5 nitrogen and oxygen atoms in total. The number of benzene rings is 1. The van der Waals surface area contributed by atoms with Crippen molar-refractivity contribution < 1.29 is 13.6 Å². The van der Waals surface area contributed by atoms with Crippen molar-refractivity contribution in [1.82, 2.24) is 16.0 Å². The highest BCUT2D eigenvalue weighted by Crippen LogP contribution is 2.10. The molecule has 0 aliphatic carbocycles. The highest BCUT2D eigenvalue weighted by Gasteiger charge is 2.18. The first-order chi connectivity index (χ1) is 11.1. The summed E-state index contributed by atoms with van der Waals surface area (Å²) in [5, 5.41) is 9.16. The highest BCUT2D eigenvalue weighted by atomic mass is 127. The predicted octanol–water partition coefficient (Wildman–Crippen LogP) is 1.96. The predicted molar refractivity (Wildman–Crippen MR) is 101 cm³/mol. The second kappa shape index (κ2) is 10.4. The average molecular weight is 452 g/mol. The molecule has 0 bridgehead atoms. The fourth-order valence-corrected chi connectivity index (χ4v) is 2.39. The smallest absolute Gasteiger partial charge is 0.220 e. The van der Waals surface area contributed by atoms with Gasteiger partial charge in [0.25, 0.3) is 0 Å².